The fraction of sp³-hybridized carbons (Fsp3) is 0.348. The van der Waals surface area contributed by atoms with Crippen LogP contribution in [0.15, 0.2) is 46.7 Å². The van der Waals surface area contributed by atoms with Crippen LogP contribution in [-0.2, 0) is 16.3 Å². The quantitative estimate of drug-likeness (QED) is 0.429. The number of aromatic nitrogens is 1. The molecule has 8 heteroatoms. The van der Waals surface area contributed by atoms with Gasteiger partial charge in [0.15, 0.2) is 15.0 Å². The molecule has 1 fully saturated rings. The van der Waals surface area contributed by atoms with Crippen LogP contribution < -0.4 is 4.90 Å². The molecule has 31 heavy (non-hydrogen) atoms. The molecule has 1 aliphatic heterocycles. The average Bonchev–Trinajstić information content (AvgIpc) is 3.19. The fourth-order valence-electron chi connectivity index (χ4n) is 3.95. The first-order chi connectivity index (χ1) is 14.7. The maximum absolute atomic E-state index is 13.1. The zero-order chi connectivity index (χ0) is 22.2. The molecule has 0 atom stereocenters. The van der Waals surface area contributed by atoms with E-state index in [4.69, 9.17) is 28.2 Å². The van der Waals surface area contributed by atoms with Crippen molar-refractivity contribution in [1.82, 2.24) is 4.98 Å². The maximum Gasteiger partial charge on any atom is 0.185 e. The average molecular weight is 495 g/mol. The van der Waals surface area contributed by atoms with Gasteiger partial charge in [0.05, 0.1) is 20.9 Å². The van der Waals surface area contributed by atoms with Crippen molar-refractivity contribution in [2.45, 2.75) is 43.3 Å². The fourth-order valence-corrected chi connectivity index (χ4v) is 7.34. The van der Waals surface area contributed by atoms with E-state index in [2.05, 4.69) is 42.3 Å². The second kappa shape index (κ2) is 9.10. The minimum absolute atomic E-state index is 0.169. The second-order valence-electron chi connectivity index (χ2n) is 8.03. The molecule has 0 amide bonds. The molecule has 0 radical (unpaired) electrons. The lowest BCUT2D eigenvalue weighted by atomic mass is 10.0. The van der Waals surface area contributed by atoms with Gasteiger partial charge in [0, 0.05) is 29.9 Å². The van der Waals surface area contributed by atoms with Gasteiger partial charge in [-0.25, -0.2) is 13.4 Å². The predicted octanol–water partition coefficient (Wildman–Crippen LogP) is 6.10. The van der Waals surface area contributed by atoms with E-state index in [1.54, 1.807) is 17.4 Å². The second-order valence-corrected chi connectivity index (χ2v) is 11.9. The standard InChI is InChI=1S/C23H24Cl2N2O2S2/c1-15-3-4-16(2)17(11-15)12-19-14-30-23(26-19)27-9-7-20(8-10-27)31(28,29)22-6-5-18(24)13-21(22)25/h3-6,11,13-14,20H,7-10,12H2,1-2H3. The van der Waals surface area contributed by atoms with Crippen molar-refractivity contribution >= 4 is 49.5 Å². The highest BCUT2D eigenvalue weighted by Gasteiger charge is 2.33. The zero-order valence-electron chi connectivity index (χ0n) is 17.4. The number of halogens is 2. The Morgan fingerprint density at radius 3 is 2.55 bits per heavy atom. The van der Waals surface area contributed by atoms with Crippen LogP contribution in [0.3, 0.4) is 0 Å². The smallest absolute Gasteiger partial charge is 0.185 e. The van der Waals surface area contributed by atoms with Crippen LogP contribution >= 0.6 is 34.5 Å². The van der Waals surface area contributed by atoms with Crippen molar-refractivity contribution in [3.63, 3.8) is 0 Å². The van der Waals surface area contributed by atoms with E-state index in [0.717, 1.165) is 17.2 Å². The van der Waals surface area contributed by atoms with Gasteiger partial charge < -0.3 is 4.90 Å². The summed E-state index contributed by atoms with van der Waals surface area (Å²) in [5.74, 6) is 0. The van der Waals surface area contributed by atoms with Crippen LogP contribution in [0.2, 0.25) is 10.0 Å². The molecule has 1 saturated heterocycles. The molecule has 4 rings (SSSR count). The van der Waals surface area contributed by atoms with Gasteiger partial charge in [0.2, 0.25) is 0 Å². The summed E-state index contributed by atoms with van der Waals surface area (Å²) >= 11 is 13.7. The highest BCUT2D eigenvalue weighted by Crippen LogP contribution is 2.33. The van der Waals surface area contributed by atoms with Gasteiger partial charge in [-0.3, -0.25) is 0 Å². The lowest BCUT2D eigenvalue weighted by Crippen LogP contribution is -2.39. The van der Waals surface area contributed by atoms with Crippen molar-refractivity contribution in [2.24, 2.45) is 0 Å². The minimum Gasteiger partial charge on any atom is -0.348 e. The van der Waals surface area contributed by atoms with Gasteiger partial charge in [-0.2, -0.15) is 0 Å². The van der Waals surface area contributed by atoms with E-state index in [0.29, 0.717) is 31.0 Å². The Balaban J connectivity index is 1.43. The third-order valence-corrected chi connectivity index (χ3v) is 9.70. The lowest BCUT2D eigenvalue weighted by Gasteiger charge is -2.31. The Morgan fingerprint density at radius 1 is 1.10 bits per heavy atom. The van der Waals surface area contributed by atoms with Crippen molar-refractivity contribution in [2.75, 3.05) is 18.0 Å². The monoisotopic (exact) mass is 494 g/mol. The molecule has 3 aromatic rings. The summed E-state index contributed by atoms with van der Waals surface area (Å²) in [5.41, 5.74) is 4.87. The van der Waals surface area contributed by atoms with Crippen LogP contribution in [0.25, 0.3) is 0 Å². The number of aryl methyl sites for hydroxylation is 2. The summed E-state index contributed by atoms with van der Waals surface area (Å²) in [6.07, 6.45) is 1.91. The van der Waals surface area contributed by atoms with E-state index in [-0.39, 0.29) is 9.92 Å². The number of anilines is 1. The molecule has 2 aromatic carbocycles. The summed E-state index contributed by atoms with van der Waals surface area (Å²) in [7, 11) is -3.49. The molecule has 0 spiro atoms. The van der Waals surface area contributed by atoms with Gasteiger partial charge in [0.25, 0.3) is 0 Å². The predicted molar refractivity (Wildman–Crippen MR) is 130 cm³/mol. The number of sulfone groups is 1. The number of piperidine rings is 1. The summed E-state index contributed by atoms with van der Waals surface area (Å²) < 4.78 is 26.1. The number of rotatable bonds is 5. The largest absolute Gasteiger partial charge is 0.348 e. The van der Waals surface area contributed by atoms with E-state index >= 15 is 0 Å². The first-order valence-electron chi connectivity index (χ1n) is 10.2. The van der Waals surface area contributed by atoms with E-state index in [9.17, 15) is 8.42 Å². The third kappa shape index (κ3) is 4.92. The van der Waals surface area contributed by atoms with E-state index in [1.807, 2.05) is 0 Å². The maximum atomic E-state index is 13.1. The zero-order valence-corrected chi connectivity index (χ0v) is 20.6. The summed E-state index contributed by atoms with van der Waals surface area (Å²) in [6.45, 7) is 5.54. The molecule has 4 nitrogen and oxygen atoms in total. The molecule has 164 valence electrons. The Kier molecular flexibility index (Phi) is 6.63. The van der Waals surface area contributed by atoms with Crippen molar-refractivity contribution < 1.29 is 8.42 Å². The summed E-state index contributed by atoms with van der Waals surface area (Å²) in [6, 6.07) is 11.1. The Labute approximate surface area is 197 Å². The normalized spacial score (nSPS) is 15.4. The molecule has 0 saturated carbocycles. The molecule has 0 unspecified atom stereocenters. The molecular formula is C23H24Cl2N2O2S2. The van der Waals surface area contributed by atoms with Crippen LogP contribution in [0, 0.1) is 13.8 Å². The molecule has 2 heterocycles. The molecular weight excluding hydrogens is 471 g/mol. The van der Waals surface area contributed by atoms with Crippen LogP contribution in [0.1, 0.15) is 35.2 Å². The van der Waals surface area contributed by atoms with Crippen molar-refractivity contribution in [1.29, 1.82) is 0 Å². The molecule has 1 aromatic heterocycles. The van der Waals surface area contributed by atoms with Gasteiger partial charge in [-0.1, -0.05) is 47.0 Å². The van der Waals surface area contributed by atoms with Gasteiger partial charge >= 0.3 is 0 Å². The lowest BCUT2D eigenvalue weighted by molar-refractivity contribution is 0.529. The molecule has 0 aliphatic carbocycles. The number of nitrogens with zero attached hydrogens (tertiary/aromatic N) is 2. The first kappa shape index (κ1) is 22.6. The number of hydrogen-bond donors (Lipinski definition) is 0. The van der Waals surface area contributed by atoms with Crippen molar-refractivity contribution in [3.8, 4) is 0 Å². The Hall–Kier alpha value is -1.60. The van der Waals surface area contributed by atoms with Gasteiger partial charge in [0.1, 0.15) is 0 Å². The molecule has 0 N–H and O–H groups in total. The van der Waals surface area contributed by atoms with Crippen LogP contribution in [0.4, 0.5) is 5.13 Å². The highest BCUT2D eigenvalue weighted by molar-refractivity contribution is 7.92. The number of thiazole rings is 1. The van der Waals surface area contributed by atoms with E-state index < -0.39 is 15.1 Å². The molecule has 1 aliphatic rings. The van der Waals surface area contributed by atoms with Crippen LogP contribution in [-0.4, -0.2) is 31.7 Å². The topological polar surface area (TPSA) is 50.3 Å². The van der Waals surface area contributed by atoms with Gasteiger partial charge in [-0.15, -0.1) is 11.3 Å². The number of hydrogen-bond acceptors (Lipinski definition) is 5. The van der Waals surface area contributed by atoms with Crippen LogP contribution in [0.5, 0.6) is 0 Å². The van der Waals surface area contributed by atoms with Gasteiger partial charge in [-0.05, 0) is 56.0 Å². The Bertz CT molecular complexity index is 1200. The molecule has 0 bridgehead atoms. The minimum atomic E-state index is -3.49. The summed E-state index contributed by atoms with van der Waals surface area (Å²) in [4.78, 5) is 7.18. The first-order valence-corrected chi connectivity index (χ1v) is 13.4. The number of benzene rings is 2. The summed E-state index contributed by atoms with van der Waals surface area (Å²) in [5, 5.41) is 3.23. The van der Waals surface area contributed by atoms with E-state index in [1.165, 1.54) is 28.8 Å². The highest BCUT2D eigenvalue weighted by atomic mass is 35.5. The Morgan fingerprint density at radius 2 is 1.84 bits per heavy atom. The SMILES string of the molecule is Cc1ccc(C)c(Cc2csc(N3CCC(S(=O)(=O)c4ccc(Cl)cc4Cl)CC3)n2)c1. The van der Waals surface area contributed by atoms with Crippen molar-refractivity contribution in [3.05, 3.63) is 74.2 Å². The third-order valence-electron chi connectivity index (χ3n) is 5.77.